The van der Waals surface area contributed by atoms with E-state index >= 15 is 0 Å². The van der Waals surface area contributed by atoms with Gasteiger partial charge in [0.2, 0.25) is 5.69 Å². The number of benzene rings is 1. The SMILES string of the molecule is [C-]#[N+]c1ccc(C(=O)Cc2ccc(F)c([C@]3(C)CS(=C)(=O)C(C)(C)C(N)=N3)c2)nc1. The Morgan fingerprint density at radius 2 is 2.03 bits per heavy atom. The predicted octanol–water partition coefficient (Wildman–Crippen LogP) is 3.28. The van der Waals surface area contributed by atoms with Crippen LogP contribution in [0.25, 0.3) is 4.85 Å². The van der Waals surface area contributed by atoms with Crippen LogP contribution in [0.1, 0.15) is 42.4 Å². The van der Waals surface area contributed by atoms with Gasteiger partial charge in [0, 0.05) is 23.9 Å². The first-order valence-corrected chi connectivity index (χ1v) is 11.2. The van der Waals surface area contributed by atoms with E-state index in [9.17, 15) is 13.4 Å². The molecule has 2 N–H and O–H groups in total. The van der Waals surface area contributed by atoms with Crippen LogP contribution >= 0.6 is 0 Å². The van der Waals surface area contributed by atoms with E-state index in [1.807, 2.05) is 0 Å². The van der Waals surface area contributed by atoms with Crippen molar-refractivity contribution >= 4 is 32.7 Å². The number of nitrogens with zero attached hydrogens (tertiary/aromatic N) is 3. The molecule has 2 atom stereocenters. The number of carbonyl (C=O) groups excluding carboxylic acids is 1. The minimum Gasteiger partial charge on any atom is -0.386 e. The molecule has 2 heterocycles. The summed E-state index contributed by atoms with van der Waals surface area (Å²) >= 11 is 0. The third-order valence-corrected chi connectivity index (χ3v) is 8.66. The maximum atomic E-state index is 14.8. The molecule has 8 heteroatoms. The lowest BCUT2D eigenvalue weighted by Gasteiger charge is -2.41. The van der Waals surface area contributed by atoms with E-state index in [1.165, 1.54) is 30.5 Å². The van der Waals surface area contributed by atoms with Gasteiger partial charge in [-0.1, -0.05) is 12.1 Å². The smallest absolute Gasteiger partial charge is 0.205 e. The summed E-state index contributed by atoms with van der Waals surface area (Å²) in [5, 5.41) is 0. The quantitative estimate of drug-likeness (QED) is 0.462. The van der Waals surface area contributed by atoms with Gasteiger partial charge in [-0.25, -0.2) is 9.24 Å². The van der Waals surface area contributed by atoms with Crippen LogP contribution in [0.5, 0.6) is 0 Å². The van der Waals surface area contributed by atoms with Crippen molar-refractivity contribution < 1.29 is 13.4 Å². The van der Waals surface area contributed by atoms with Crippen LogP contribution in [0.15, 0.2) is 41.5 Å². The molecule has 2 aromatic rings. The van der Waals surface area contributed by atoms with E-state index < -0.39 is 25.6 Å². The summed E-state index contributed by atoms with van der Waals surface area (Å²) in [6.45, 7) is 12.1. The molecule has 0 saturated carbocycles. The number of aromatic nitrogens is 1. The van der Waals surface area contributed by atoms with Crippen LogP contribution in [-0.4, -0.2) is 37.2 Å². The maximum Gasteiger partial charge on any atom is 0.205 e. The van der Waals surface area contributed by atoms with Gasteiger partial charge in [-0.2, -0.15) is 0 Å². The Morgan fingerprint density at radius 1 is 1.33 bits per heavy atom. The van der Waals surface area contributed by atoms with Crippen LogP contribution < -0.4 is 5.73 Å². The molecule has 1 aliphatic heterocycles. The lowest BCUT2D eigenvalue weighted by atomic mass is 9.90. The highest BCUT2D eigenvalue weighted by molar-refractivity contribution is 8.02. The van der Waals surface area contributed by atoms with Crippen LogP contribution in [0.4, 0.5) is 10.1 Å². The van der Waals surface area contributed by atoms with Gasteiger partial charge in [0.1, 0.15) is 17.3 Å². The molecular weight excluding hydrogens is 403 g/mol. The fraction of sp³-hybridized carbons (Fsp3) is 0.318. The number of Topliss-reactive ketones (excluding diaryl/α,β-unsaturated/α-hetero) is 1. The number of rotatable bonds is 4. The van der Waals surface area contributed by atoms with Gasteiger partial charge < -0.3 is 5.73 Å². The highest BCUT2D eigenvalue weighted by Gasteiger charge is 2.45. The molecule has 0 bridgehead atoms. The van der Waals surface area contributed by atoms with Crippen LogP contribution in [-0.2, 0) is 21.5 Å². The molecule has 0 fully saturated rings. The number of aliphatic imine (C=N–C) groups is 1. The minimum atomic E-state index is -2.69. The fourth-order valence-electron chi connectivity index (χ4n) is 3.38. The maximum absolute atomic E-state index is 14.8. The molecule has 1 aromatic carbocycles. The zero-order valence-corrected chi connectivity index (χ0v) is 17.9. The summed E-state index contributed by atoms with van der Waals surface area (Å²) in [4.78, 5) is 24.3. The zero-order chi connectivity index (χ0) is 22.3. The Morgan fingerprint density at radius 3 is 2.60 bits per heavy atom. The highest BCUT2D eigenvalue weighted by atomic mass is 32.2. The Labute approximate surface area is 175 Å². The van der Waals surface area contributed by atoms with Crippen molar-refractivity contribution in [3.8, 4) is 0 Å². The number of hydrogen-bond acceptors (Lipinski definition) is 5. The Bertz CT molecular complexity index is 1190. The highest BCUT2D eigenvalue weighted by Crippen LogP contribution is 2.38. The van der Waals surface area contributed by atoms with Crippen molar-refractivity contribution in [3.05, 3.63) is 70.6 Å². The van der Waals surface area contributed by atoms with Gasteiger partial charge in [-0.3, -0.25) is 19.0 Å². The average Bonchev–Trinajstić information content (AvgIpc) is 2.67. The first kappa shape index (κ1) is 21.7. The van der Waals surface area contributed by atoms with Gasteiger partial charge in [-0.15, -0.1) is 0 Å². The summed E-state index contributed by atoms with van der Waals surface area (Å²) in [5.41, 5.74) is 6.30. The molecule has 0 spiro atoms. The Hall–Kier alpha value is -3.05. The van der Waals surface area contributed by atoms with Crippen molar-refractivity contribution in [1.29, 1.82) is 0 Å². The van der Waals surface area contributed by atoms with E-state index in [1.54, 1.807) is 26.8 Å². The third-order valence-electron chi connectivity index (χ3n) is 5.57. The zero-order valence-electron chi connectivity index (χ0n) is 17.1. The predicted molar refractivity (Wildman–Crippen MR) is 118 cm³/mol. The van der Waals surface area contributed by atoms with Gasteiger partial charge in [0.25, 0.3) is 0 Å². The number of ketones is 1. The number of pyridine rings is 1. The average molecular weight is 427 g/mol. The second-order valence-corrected chi connectivity index (χ2v) is 11.1. The number of nitrogens with two attached hydrogens (primary N) is 1. The molecule has 0 saturated heterocycles. The first-order valence-electron chi connectivity index (χ1n) is 9.25. The molecule has 1 unspecified atom stereocenters. The van der Waals surface area contributed by atoms with E-state index in [2.05, 4.69) is 20.7 Å². The number of carbonyl (C=O) groups is 1. The van der Waals surface area contributed by atoms with E-state index in [0.717, 1.165) is 0 Å². The summed E-state index contributed by atoms with van der Waals surface area (Å²) in [5.74, 6) is 3.30. The Kier molecular flexibility index (Phi) is 5.29. The second kappa shape index (κ2) is 7.33. The van der Waals surface area contributed by atoms with Gasteiger partial charge >= 0.3 is 0 Å². The summed E-state index contributed by atoms with van der Waals surface area (Å²) < 4.78 is 27.1. The second-order valence-electron chi connectivity index (χ2n) is 8.16. The van der Waals surface area contributed by atoms with Gasteiger partial charge in [0.05, 0.1) is 16.9 Å². The monoisotopic (exact) mass is 426 g/mol. The first-order chi connectivity index (χ1) is 13.9. The van der Waals surface area contributed by atoms with Gasteiger partial charge in [-0.05, 0) is 59.9 Å². The molecule has 3 rings (SSSR count). The molecule has 1 aromatic heterocycles. The molecular formula is C22H23FN4O2S. The summed E-state index contributed by atoms with van der Waals surface area (Å²) in [6, 6.07) is 7.37. The lowest BCUT2D eigenvalue weighted by molar-refractivity contribution is 0.0988. The van der Waals surface area contributed by atoms with E-state index in [4.69, 9.17) is 12.3 Å². The molecule has 1 aliphatic rings. The molecule has 6 nitrogen and oxygen atoms in total. The van der Waals surface area contributed by atoms with Crippen LogP contribution in [0, 0.1) is 12.4 Å². The molecule has 0 aliphatic carbocycles. The minimum absolute atomic E-state index is 0.00182. The lowest BCUT2D eigenvalue weighted by Crippen LogP contribution is -2.54. The molecule has 0 amide bonds. The van der Waals surface area contributed by atoms with Crippen molar-refractivity contribution in [1.82, 2.24) is 4.98 Å². The number of halogens is 1. The van der Waals surface area contributed by atoms with Crippen molar-refractivity contribution in [2.45, 2.75) is 37.5 Å². The summed E-state index contributed by atoms with van der Waals surface area (Å²) in [6.07, 6.45) is 1.33. The van der Waals surface area contributed by atoms with Crippen LogP contribution in [0.3, 0.4) is 0 Å². The molecule has 30 heavy (non-hydrogen) atoms. The molecule has 0 radical (unpaired) electrons. The Balaban J connectivity index is 1.97. The fourth-order valence-corrected chi connectivity index (χ4v) is 5.30. The third kappa shape index (κ3) is 3.73. The van der Waals surface area contributed by atoms with E-state index in [-0.39, 0.29) is 35.0 Å². The van der Waals surface area contributed by atoms with Crippen molar-refractivity contribution in [2.75, 3.05) is 5.75 Å². The standard InChI is InChI=1S/C22H23FN4O2S/c1-21(2)20(24)27-22(3,13-30(21,5)29)16-10-14(6-8-17(16)23)11-19(28)18-9-7-15(25-4)12-26-18/h6-10,12H,5,11,13H2,1-3H3,(H2,24,27)/t22-,30?/m0/s1. The van der Waals surface area contributed by atoms with Gasteiger partial charge in [0.15, 0.2) is 5.78 Å². The number of amidine groups is 1. The van der Waals surface area contributed by atoms with Crippen molar-refractivity contribution in [2.24, 2.45) is 10.7 Å². The topological polar surface area (TPSA) is 89.8 Å². The summed E-state index contributed by atoms with van der Waals surface area (Å²) in [7, 11) is -2.69. The van der Waals surface area contributed by atoms with Crippen LogP contribution in [0.2, 0.25) is 0 Å². The van der Waals surface area contributed by atoms with E-state index in [0.29, 0.717) is 11.3 Å². The van der Waals surface area contributed by atoms with Crippen molar-refractivity contribution in [3.63, 3.8) is 0 Å². The largest absolute Gasteiger partial charge is 0.386 e. The normalized spacial score (nSPS) is 25.2. The molecule has 156 valence electrons. The number of hydrogen-bond donors (Lipinski definition) is 1.